The molecule has 0 aliphatic heterocycles. The van der Waals surface area contributed by atoms with Crippen molar-refractivity contribution in [2.45, 2.75) is 4.90 Å². The van der Waals surface area contributed by atoms with Gasteiger partial charge in [0.1, 0.15) is 5.75 Å². The van der Waals surface area contributed by atoms with E-state index in [1.54, 1.807) is 18.3 Å². The molecule has 2 aromatic carbocycles. The van der Waals surface area contributed by atoms with Crippen LogP contribution in [0.15, 0.2) is 62.3 Å². The molecule has 2 aromatic rings. The third kappa shape index (κ3) is 3.61. The Morgan fingerprint density at radius 1 is 1.06 bits per heavy atom. The van der Waals surface area contributed by atoms with Gasteiger partial charge in [-0.3, -0.25) is 0 Å². The first-order valence-corrected chi connectivity index (χ1v) is 6.56. The van der Waals surface area contributed by atoms with Crippen molar-refractivity contribution in [3.63, 3.8) is 0 Å². The Morgan fingerprint density at radius 3 is 2.47 bits per heavy atom. The Hall–Kier alpha value is -1.26. The van der Waals surface area contributed by atoms with Gasteiger partial charge in [-0.15, -0.1) is 0 Å². The van der Waals surface area contributed by atoms with Crippen LogP contribution < -0.4 is 0 Å². The number of aromatic hydroxyl groups is 1. The van der Waals surface area contributed by atoms with Gasteiger partial charge in [0.05, 0.1) is 0 Å². The lowest BCUT2D eigenvalue weighted by molar-refractivity contribution is 0.474. The number of rotatable bonds is 3. The van der Waals surface area contributed by atoms with E-state index in [2.05, 4.69) is 20.3 Å². The van der Waals surface area contributed by atoms with E-state index >= 15 is 0 Å². The van der Waals surface area contributed by atoms with Gasteiger partial charge < -0.3 is 5.11 Å². The fourth-order valence-corrected chi connectivity index (χ4v) is 2.05. The first-order chi connectivity index (χ1) is 8.25. The predicted octanol–water partition coefficient (Wildman–Crippen LogP) is 4.28. The summed E-state index contributed by atoms with van der Waals surface area (Å²) in [7, 11) is 0. The van der Waals surface area contributed by atoms with Crippen LogP contribution in [0.3, 0.4) is 0 Å². The average Bonchev–Trinajstić information content (AvgIpc) is 2.34. The highest BCUT2D eigenvalue weighted by Crippen LogP contribution is 2.22. The number of phenolic OH excluding ortho intramolecular Hbond substituents is 1. The van der Waals surface area contributed by atoms with Crippen LogP contribution in [0.5, 0.6) is 5.75 Å². The molecule has 4 heteroatoms. The fraction of sp³-hybridized carbons (Fsp3) is 0. The standard InChI is InChI=1S/C13H10BrNOS/c14-11-5-7-12(8-6-11)17-15-9-10-3-1-2-4-13(10)16/h1-9,16H/b15-9+. The second-order valence-corrected chi connectivity index (χ2v) is 5.12. The molecule has 0 fully saturated rings. The lowest BCUT2D eigenvalue weighted by Crippen LogP contribution is -1.79. The van der Waals surface area contributed by atoms with E-state index in [-0.39, 0.29) is 5.75 Å². The number of nitrogens with zero attached hydrogens (tertiary/aromatic N) is 1. The summed E-state index contributed by atoms with van der Waals surface area (Å²) < 4.78 is 5.27. The molecule has 86 valence electrons. The molecule has 1 N–H and O–H groups in total. The van der Waals surface area contributed by atoms with Crippen molar-refractivity contribution in [2.24, 2.45) is 4.40 Å². The van der Waals surface area contributed by atoms with Crippen LogP contribution in [0.4, 0.5) is 0 Å². The smallest absolute Gasteiger partial charge is 0.124 e. The van der Waals surface area contributed by atoms with Gasteiger partial charge in [-0.2, -0.15) is 0 Å². The SMILES string of the molecule is Oc1ccccc1/C=N/Sc1ccc(Br)cc1. The Morgan fingerprint density at radius 2 is 1.76 bits per heavy atom. The van der Waals surface area contributed by atoms with Gasteiger partial charge in [0.15, 0.2) is 0 Å². The van der Waals surface area contributed by atoms with Crippen molar-refractivity contribution >= 4 is 34.1 Å². The molecule has 0 saturated carbocycles. The van der Waals surface area contributed by atoms with E-state index in [0.29, 0.717) is 0 Å². The number of phenols is 1. The molecule has 0 heterocycles. The van der Waals surface area contributed by atoms with Gasteiger partial charge in [0.2, 0.25) is 0 Å². The van der Waals surface area contributed by atoms with Crippen molar-refractivity contribution in [2.75, 3.05) is 0 Å². The summed E-state index contributed by atoms with van der Waals surface area (Å²) in [5.74, 6) is 0.243. The number of halogens is 1. The molecule has 17 heavy (non-hydrogen) atoms. The first-order valence-electron chi connectivity index (χ1n) is 4.99. The van der Waals surface area contributed by atoms with Crippen LogP contribution in [-0.4, -0.2) is 11.3 Å². The van der Waals surface area contributed by atoms with Gasteiger partial charge >= 0.3 is 0 Å². The van der Waals surface area contributed by atoms with Crippen LogP contribution in [0.25, 0.3) is 0 Å². The summed E-state index contributed by atoms with van der Waals surface area (Å²) >= 11 is 4.75. The van der Waals surface area contributed by atoms with E-state index in [4.69, 9.17) is 0 Å². The van der Waals surface area contributed by atoms with Crippen molar-refractivity contribution in [3.8, 4) is 5.75 Å². The third-order valence-corrected chi connectivity index (χ3v) is 3.32. The normalized spacial score (nSPS) is 10.9. The largest absolute Gasteiger partial charge is 0.507 e. The van der Waals surface area contributed by atoms with Gasteiger partial charge in [-0.25, -0.2) is 4.40 Å². The second-order valence-electron chi connectivity index (χ2n) is 3.34. The third-order valence-electron chi connectivity index (χ3n) is 2.10. The zero-order chi connectivity index (χ0) is 12.1. The average molecular weight is 308 g/mol. The van der Waals surface area contributed by atoms with E-state index in [1.807, 2.05) is 36.4 Å². The van der Waals surface area contributed by atoms with E-state index < -0.39 is 0 Å². The Bertz CT molecular complexity index is 525. The highest BCUT2D eigenvalue weighted by molar-refractivity contribution is 9.10. The molecular formula is C13H10BrNOS. The molecule has 2 rings (SSSR count). The van der Waals surface area contributed by atoms with Crippen LogP contribution in [0.1, 0.15) is 5.56 Å². The Labute approximate surface area is 113 Å². The molecule has 0 spiro atoms. The molecular weight excluding hydrogens is 298 g/mol. The summed E-state index contributed by atoms with van der Waals surface area (Å²) in [6.07, 6.45) is 1.65. The number of benzene rings is 2. The molecule has 0 radical (unpaired) electrons. The minimum Gasteiger partial charge on any atom is -0.507 e. The molecule has 0 aromatic heterocycles. The number of hydrogen-bond acceptors (Lipinski definition) is 3. The quantitative estimate of drug-likeness (QED) is 0.678. The van der Waals surface area contributed by atoms with Crippen LogP contribution >= 0.6 is 27.9 Å². The summed E-state index contributed by atoms with van der Waals surface area (Å²) in [5.41, 5.74) is 0.720. The molecule has 0 amide bonds. The molecule has 2 nitrogen and oxygen atoms in total. The van der Waals surface area contributed by atoms with Crippen molar-refractivity contribution in [3.05, 3.63) is 58.6 Å². The molecule has 0 unspecified atom stereocenters. The number of para-hydroxylation sites is 1. The van der Waals surface area contributed by atoms with E-state index in [0.717, 1.165) is 14.9 Å². The van der Waals surface area contributed by atoms with Crippen molar-refractivity contribution in [1.82, 2.24) is 0 Å². The van der Waals surface area contributed by atoms with Gasteiger partial charge in [0.25, 0.3) is 0 Å². The minimum atomic E-state index is 0.243. The maximum absolute atomic E-state index is 9.54. The van der Waals surface area contributed by atoms with Crippen LogP contribution in [0, 0.1) is 0 Å². The van der Waals surface area contributed by atoms with Gasteiger partial charge in [-0.05, 0) is 36.4 Å². The van der Waals surface area contributed by atoms with Crippen molar-refractivity contribution < 1.29 is 5.11 Å². The Balaban J connectivity index is 2.03. The molecule has 0 atom stereocenters. The zero-order valence-electron chi connectivity index (χ0n) is 8.88. The highest BCUT2D eigenvalue weighted by Gasteiger charge is 1.95. The van der Waals surface area contributed by atoms with Crippen molar-refractivity contribution in [1.29, 1.82) is 0 Å². The lowest BCUT2D eigenvalue weighted by Gasteiger charge is -1.97. The number of hydrogen-bond donors (Lipinski definition) is 1. The fourth-order valence-electron chi connectivity index (χ4n) is 1.24. The highest BCUT2D eigenvalue weighted by atomic mass is 79.9. The maximum atomic E-state index is 9.54. The summed E-state index contributed by atoms with van der Waals surface area (Å²) in [5, 5.41) is 9.54. The Kier molecular flexibility index (Phi) is 4.23. The summed E-state index contributed by atoms with van der Waals surface area (Å²) in [6.45, 7) is 0. The molecule has 0 bridgehead atoms. The zero-order valence-corrected chi connectivity index (χ0v) is 11.3. The molecule has 0 saturated heterocycles. The van der Waals surface area contributed by atoms with Gasteiger partial charge in [-0.1, -0.05) is 28.1 Å². The topological polar surface area (TPSA) is 32.6 Å². The monoisotopic (exact) mass is 307 g/mol. The molecule has 0 aliphatic rings. The van der Waals surface area contributed by atoms with Crippen LogP contribution in [-0.2, 0) is 0 Å². The van der Waals surface area contributed by atoms with E-state index in [9.17, 15) is 5.11 Å². The first kappa shape index (κ1) is 12.2. The molecule has 0 aliphatic carbocycles. The van der Waals surface area contributed by atoms with Gasteiger partial charge in [0, 0.05) is 33.1 Å². The predicted molar refractivity (Wildman–Crippen MR) is 75.7 cm³/mol. The lowest BCUT2D eigenvalue weighted by atomic mass is 10.2. The maximum Gasteiger partial charge on any atom is 0.124 e. The van der Waals surface area contributed by atoms with E-state index in [1.165, 1.54) is 11.9 Å². The second kappa shape index (κ2) is 5.89. The summed E-state index contributed by atoms with van der Waals surface area (Å²) in [4.78, 5) is 1.06. The minimum absolute atomic E-state index is 0.243. The summed E-state index contributed by atoms with van der Waals surface area (Å²) in [6, 6.07) is 15.0. The van der Waals surface area contributed by atoms with Crippen LogP contribution in [0.2, 0.25) is 0 Å².